The van der Waals surface area contributed by atoms with Crippen molar-refractivity contribution in [1.29, 1.82) is 0 Å². The summed E-state index contributed by atoms with van der Waals surface area (Å²) in [7, 11) is -4.13. The Hall–Kier alpha value is -2.89. The number of carbonyl (C=O) groups excluding carboxylic acids is 1. The van der Waals surface area contributed by atoms with E-state index in [1.165, 1.54) is 25.0 Å². The number of esters is 1. The number of hydrogen-bond donors (Lipinski definition) is 3. The van der Waals surface area contributed by atoms with E-state index >= 15 is 0 Å². The van der Waals surface area contributed by atoms with Crippen LogP contribution >= 0.6 is 19.5 Å². The Morgan fingerprint density at radius 3 is 2.77 bits per heavy atom. The lowest BCUT2D eigenvalue weighted by atomic mass is 10.1. The van der Waals surface area contributed by atoms with E-state index in [4.69, 9.17) is 19.5 Å². The van der Waals surface area contributed by atoms with Gasteiger partial charge >= 0.3 is 13.7 Å². The molecule has 0 radical (unpaired) electrons. The standard InChI is InChI=1S/C26H34N5O6PS/c1-16(2)13-35-25(33)17(3)30-38(34,37-22-11-7-9-19-8-5-6-10-20(19)22)36-14-23-21(32)12-24(39-23)31-15-28-26(27)29-18(31)4/h5-11,15-17,21,23-24,32H,4,12-14H2,1-3H3,(H2,27,29)(H,30,34)/t17-,21+,23+,24+,38?/m0/s1. The van der Waals surface area contributed by atoms with Crippen LogP contribution in [0.2, 0.25) is 0 Å². The second-order valence-corrected chi connectivity index (χ2v) is 12.8. The fraction of sp³-hybridized carbons (Fsp3) is 0.423. The molecule has 0 spiro atoms. The molecule has 1 saturated heterocycles. The van der Waals surface area contributed by atoms with Gasteiger partial charge in [-0.2, -0.15) is 10.1 Å². The molecule has 5 atom stereocenters. The van der Waals surface area contributed by atoms with Crippen molar-refractivity contribution in [3.63, 3.8) is 0 Å². The first kappa shape index (κ1) is 29.1. The molecular weight excluding hydrogens is 541 g/mol. The molecule has 0 amide bonds. The third-order valence-corrected chi connectivity index (χ3v) is 9.17. The molecule has 39 heavy (non-hydrogen) atoms. The average Bonchev–Trinajstić information content (AvgIpc) is 3.26. The number of hydrogen-bond acceptors (Lipinski definition) is 11. The van der Waals surface area contributed by atoms with Crippen LogP contribution in [0.15, 0.2) is 64.8 Å². The molecule has 0 aliphatic carbocycles. The van der Waals surface area contributed by atoms with Crippen molar-refractivity contribution in [2.24, 2.45) is 21.6 Å². The maximum atomic E-state index is 14.1. The molecule has 0 saturated carbocycles. The number of fused-ring (bicyclic) bond motifs is 1. The fourth-order valence-electron chi connectivity index (χ4n) is 4.01. The number of nitrogens with zero attached hydrogens (tertiary/aromatic N) is 3. The number of nitrogens with one attached hydrogen (secondary N) is 1. The molecule has 210 valence electrons. The molecule has 2 aliphatic heterocycles. The molecule has 0 aromatic heterocycles. The van der Waals surface area contributed by atoms with Crippen LogP contribution in [0.3, 0.4) is 0 Å². The molecule has 13 heteroatoms. The summed E-state index contributed by atoms with van der Waals surface area (Å²) in [4.78, 5) is 22.4. The molecule has 2 aromatic rings. The summed E-state index contributed by atoms with van der Waals surface area (Å²) >= 11 is 1.41. The Labute approximate surface area is 232 Å². The number of aliphatic hydroxyl groups excluding tert-OH is 1. The molecule has 2 aromatic carbocycles. The minimum absolute atomic E-state index is 0.110. The Bertz CT molecular complexity index is 1320. The number of rotatable bonds is 11. The van der Waals surface area contributed by atoms with Gasteiger partial charge in [0, 0.05) is 11.8 Å². The number of benzene rings is 2. The van der Waals surface area contributed by atoms with Gasteiger partial charge in [-0.15, -0.1) is 11.8 Å². The first-order valence-corrected chi connectivity index (χ1v) is 15.1. The van der Waals surface area contributed by atoms with Gasteiger partial charge in [0.15, 0.2) is 0 Å². The lowest BCUT2D eigenvalue weighted by molar-refractivity contribution is -0.146. The summed E-state index contributed by atoms with van der Waals surface area (Å²) in [5.41, 5.74) is 5.63. The third kappa shape index (κ3) is 7.40. The van der Waals surface area contributed by atoms with Gasteiger partial charge in [0.2, 0.25) is 5.96 Å². The molecule has 4 N–H and O–H groups in total. The summed E-state index contributed by atoms with van der Waals surface area (Å²) in [6.07, 6.45) is 1.13. The van der Waals surface area contributed by atoms with Crippen molar-refractivity contribution in [3.05, 3.63) is 54.9 Å². The SMILES string of the molecule is C=C1N=C(N)N=CN1[C@H]1C[C@@H](O)[C@@H](COP(=O)(N[C@@H](C)C(=O)OCC(C)C)Oc2cccc3ccccc23)S1. The van der Waals surface area contributed by atoms with Crippen LogP contribution in [0.5, 0.6) is 5.75 Å². The first-order chi connectivity index (χ1) is 18.5. The normalized spacial score (nSPS) is 23.5. The fourth-order valence-corrected chi connectivity index (χ4v) is 7.11. The van der Waals surface area contributed by atoms with Crippen molar-refractivity contribution in [2.75, 3.05) is 13.2 Å². The third-order valence-electron chi connectivity index (χ3n) is 6.01. The lowest BCUT2D eigenvalue weighted by Gasteiger charge is -2.27. The molecule has 2 heterocycles. The van der Waals surface area contributed by atoms with Gasteiger partial charge < -0.3 is 25.0 Å². The maximum Gasteiger partial charge on any atom is 0.459 e. The summed E-state index contributed by atoms with van der Waals surface area (Å²) in [5, 5.41) is 14.4. The van der Waals surface area contributed by atoms with Crippen LogP contribution in [-0.2, 0) is 18.6 Å². The minimum Gasteiger partial charge on any atom is -0.464 e. The van der Waals surface area contributed by atoms with Gasteiger partial charge in [0.1, 0.15) is 24.0 Å². The van der Waals surface area contributed by atoms with Crippen LogP contribution in [-0.4, -0.2) is 64.3 Å². The van der Waals surface area contributed by atoms with Crippen molar-refractivity contribution < 1.29 is 28.3 Å². The molecule has 1 unspecified atom stereocenters. The highest BCUT2D eigenvalue weighted by atomic mass is 32.2. The van der Waals surface area contributed by atoms with Crippen LogP contribution in [0, 0.1) is 5.92 Å². The van der Waals surface area contributed by atoms with Crippen LogP contribution in [0.4, 0.5) is 0 Å². The van der Waals surface area contributed by atoms with Gasteiger partial charge in [0.05, 0.1) is 29.9 Å². The largest absolute Gasteiger partial charge is 0.464 e. The lowest BCUT2D eigenvalue weighted by Crippen LogP contribution is -2.36. The molecule has 2 aliphatic rings. The zero-order valence-corrected chi connectivity index (χ0v) is 23.8. The van der Waals surface area contributed by atoms with Gasteiger partial charge in [-0.3, -0.25) is 9.32 Å². The van der Waals surface area contributed by atoms with E-state index in [1.54, 1.807) is 17.0 Å². The zero-order chi connectivity index (χ0) is 28.2. The topological polar surface area (TPSA) is 148 Å². The highest BCUT2D eigenvalue weighted by molar-refractivity contribution is 8.00. The van der Waals surface area contributed by atoms with Crippen LogP contribution < -0.4 is 15.3 Å². The predicted molar refractivity (Wildman–Crippen MR) is 153 cm³/mol. The van der Waals surface area contributed by atoms with E-state index in [-0.39, 0.29) is 30.5 Å². The van der Waals surface area contributed by atoms with Crippen molar-refractivity contribution >= 4 is 48.5 Å². The molecular formula is C26H34N5O6PS. The average molecular weight is 576 g/mol. The summed E-state index contributed by atoms with van der Waals surface area (Å²) < 4.78 is 31.2. The number of aliphatic hydroxyl groups is 1. The van der Waals surface area contributed by atoms with Crippen LogP contribution in [0.1, 0.15) is 27.2 Å². The van der Waals surface area contributed by atoms with Gasteiger partial charge in [-0.05, 0) is 24.3 Å². The monoisotopic (exact) mass is 575 g/mol. The van der Waals surface area contributed by atoms with E-state index < -0.39 is 31.1 Å². The van der Waals surface area contributed by atoms with Crippen molar-refractivity contribution in [3.8, 4) is 5.75 Å². The van der Waals surface area contributed by atoms with E-state index in [1.807, 2.05) is 44.2 Å². The highest BCUT2D eigenvalue weighted by Gasteiger charge is 2.41. The number of guanidine groups is 1. The van der Waals surface area contributed by atoms with Gasteiger partial charge in [-0.1, -0.05) is 56.8 Å². The van der Waals surface area contributed by atoms with Crippen molar-refractivity contribution in [1.82, 2.24) is 9.99 Å². The number of ether oxygens (including phenoxy) is 1. The van der Waals surface area contributed by atoms with E-state index in [0.29, 0.717) is 18.0 Å². The smallest absolute Gasteiger partial charge is 0.459 e. The number of nitrogens with two attached hydrogens (primary N) is 1. The number of carbonyl (C=O) groups is 1. The quantitative estimate of drug-likeness (QED) is 0.267. The first-order valence-electron chi connectivity index (χ1n) is 12.6. The summed E-state index contributed by atoms with van der Waals surface area (Å²) in [6.45, 7) is 9.39. The highest BCUT2D eigenvalue weighted by Crippen LogP contribution is 2.48. The van der Waals surface area contributed by atoms with E-state index in [9.17, 15) is 14.5 Å². The predicted octanol–water partition coefficient (Wildman–Crippen LogP) is 3.84. The van der Waals surface area contributed by atoms with E-state index in [0.717, 1.165) is 10.8 Å². The van der Waals surface area contributed by atoms with Gasteiger partial charge in [-0.25, -0.2) is 9.56 Å². The Kier molecular flexibility index (Phi) is 9.35. The zero-order valence-electron chi connectivity index (χ0n) is 22.1. The molecule has 0 bridgehead atoms. The Balaban J connectivity index is 1.50. The number of aliphatic imine (C=N–C) groups is 2. The summed E-state index contributed by atoms with van der Waals surface area (Å²) in [6, 6.07) is 11.9. The van der Waals surface area contributed by atoms with Crippen LogP contribution in [0.25, 0.3) is 10.8 Å². The second kappa shape index (κ2) is 12.5. The number of thioether (sulfide) groups is 1. The second-order valence-electron chi connectivity index (χ2n) is 9.71. The summed E-state index contributed by atoms with van der Waals surface area (Å²) in [5.74, 6) is 0.424. The van der Waals surface area contributed by atoms with Crippen molar-refractivity contribution in [2.45, 2.75) is 50.0 Å². The Morgan fingerprint density at radius 1 is 1.28 bits per heavy atom. The van der Waals surface area contributed by atoms with E-state index in [2.05, 4.69) is 21.7 Å². The molecule has 11 nitrogen and oxygen atoms in total. The Morgan fingerprint density at radius 2 is 2.03 bits per heavy atom. The minimum atomic E-state index is -4.13. The molecule has 1 fully saturated rings. The maximum absolute atomic E-state index is 14.1. The van der Waals surface area contributed by atoms with Gasteiger partial charge in [0.25, 0.3) is 0 Å². The molecule has 4 rings (SSSR count).